The van der Waals surface area contributed by atoms with Gasteiger partial charge >= 0.3 is 5.69 Å². The summed E-state index contributed by atoms with van der Waals surface area (Å²) in [6.07, 6.45) is 3.22. The maximum atomic E-state index is 12.6. The lowest BCUT2D eigenvalue weighted by molar-refractivity contribution is 0.382. The molecule has 0 aliphatic rings. The molecule has 26 heavy (non-hydrogen) atoms. The second-order valence-corrected chi connectivity index (χ2v) is 7.23. The molecule has 1 aromatic carbocycles. The molecule has 0 aliphatic heterocycles. The highest BCUT2D eigenvalue weighted by molar-refractivity contribution is 7.09. The molecule has 5 nitrogen and oxygen atoms in total. The molecule has 0 bridgehead atoms. The van der Waals surface area contributed by atoms with Crippen molar-refractivity contribution in [3.05, 3.63) is 85.2 Å². The first-order valence-electron chi connectivity index (χ1n) is 8.75. The third-order valence-electron chi connectivity index (χ3n) is 4.36. The third kappa shape index (κ3) is 4.52. The summed E-state index contributed by atoms with van der Waals surface area (Å²) in [5, 5.41) is 12.0. The molecule has 3 aromatic rings. The van der Waals surface area contributed by atoms with Crippen molar-refractivity contribution in [3.8, 4) is 5.88 Å². The Hall–Kier alpha value is -2.60. The Bertz CT molecular complexity index is 943. The molecule has 0 atom stereocenters. The fourth-order valence-corrected chi connectivity index (χ4v) is 3.64. The lowest BCUT2D eigenvalue weighted by Gasteiger charge is -2.11. The zero-order chi connectivity index (χ0) is 18.4. The molecule has 136 valence electrons. The number of nitrogens with zero attached hydrogens (tertiary/aromatic N) is 2. The van der Waals surface area contributed by atoms with E-state index in [2.05, 4.69) is 12.1 Å². The van der Waals surface area contributed by atoms with Gasteiger partial charge in [0.1, 0.15) is 0 Å². The molecule has 0 unspecified atom stereocenters. The van der Waals surface area contributed by atoms with Crippen LogP contribution in [0.2, 0.25) is 0 Å². The summed E-state index contributed by atoms with van der Waals surface area (Å²) >= 11 is 1.60. The van der Waals surface area contributed by atoms with Gasteiger partial charge < -0.3 is 5.11 Å². The number of unbranched alkanes of at least 4 members (excludes halogenated alkanes) is 1. The van der Waals surface area contributed by atoms with E-state index in [-0.39, 0.29) is 5.88 Å². The first-order chi connectivity index (χ1) is 12.6. The van der Waals surface area contributed by atoms with Crippen LogP contribution in [-0.2, 0) is 25.9 Å². The summed E-state index contributed by atoms with van der Waals surface area (Å²) in [5.74, 6) is -0.257. The van der Waals surface area contributed by atoms with Gasteiger partial charge in [-0.3, -0.25) is 13.9 Å². The zero-order valence-corrected chi connectivity index (χ0v) is 15.3. The molecule has 0 fully saturated rings. The quantitative estimate of drug-likeness (QED) is 0.620. The third-order valence-corrected chi connectivity index (χ3v) is 5.30. The van der Waals surface area contributed by atoms with E-state index in [4.69, 9.17) is 0 Å². The van der Waals surface area contributed by atoms with Crippen LogP contribution in [0.3, 0.4) is 0 Å². The smallest absolute Gasteiger partial charge is 0.333 e. The van der Waals surface area contributed by atoms with E-state index < -0.39 is 11.2 Å². The number of aryl methyl sites for hydroxylation is 2. The number of thiophene rings is 1. The average molecular weight is 370 g/mol. The number of hydrogen-bond donors (Lipinski definition) is 1. The van der Waals surface area contributed by atoms with Gasteiger partial charge in [0.15, 0.2) is 0 Å². The van der Waals surface area contributed by atoms with E-state index in [1.165, 1.54) is 14.7 Å². The van der Waals surface area contributed by atoms with Crippen LogP contribution in [0.1, 0.15) is 23.3 Å². The van der Waals surface area contributed by atoms with Gasteiger partial charge in [0.25, 0.3) is 5.56 Å². The minimum absolute atomic E-state index is 0.257. The van der Waals surface area contributed by atoms with Crippen LogP contribution in [0.15, 0.2) is 63.5 Å². The molecule has 0 aliphatic carbocycles. The topological polar surface area (TPSA) is 64.2 Å². The molecule has 0 saturated heterocycles. The molecule has 1 N–H and O–H groups in total. The van der Waals surface area contributed by atoms with Crippen LogP contribution in [0.25, 0.3) is 0 Å². The van der Waals surface area contributed by atoms with Crippen LogP contribution in [0, 0.1) is 0 Å². The second kappa shape index (κ2) is 8.67. The molecule has 0 saturated carbocycles. The Balaban J connectivity index is 1.65. The van der Waals surface area contributed by atoms with Crippen molar-refractivity contribution in [2.24, 2.45) is 0 Å². The predicted molar refractivity (Wildman–Crippen MR) is 104 cm³/mol. The monoisotopic (exact) mass is 370 g/mol. The number of hydrogen-bond acceptors (Lipinski definition) is 4. The fourth-order valence-electron chi connectivity index (χ4n) is 2.94. The highest BCUT2D eigenvalue weighted by Gasteiger charge is 2.11. The molecule has 3 rings (SSSR count). The number of aromatic hydroxyl groups is 1. The van der Waals surface area contributed by atoms with Crippen molar-refractivity contribution in [3.63, 3.8) is 0 Å². The average Bonchev–Trinajstić information content (AvgIpc) is 3.15. The molecule has 0 amide bonds. The molecule has 0 spiro atoms. The van der Waals surface area contributed by atoms with E-state index in [1.54, 1.807) is 11.3 Å². The number of benzene rings is 1. The Morgan fingerprint density at radius 2 is 1.69 bits per heavy atom. The maximum Gasteiger partial charge on any atom is 0.333 e. The van der Waals surface area contributed by atoms with Gasteiger partial charge in [0.05, 0.1) is 6.07 Å². The highest BCUT2D eigenvalue weighted by atomic mass is 32.1. The number of rotatable bonds is 8. The van der Waals surface area contributed by atoms with Gasteiger partial charge in [-0.1, -0.05) is 36.4 Å². The summed E-state index contributed by atoms with van der Waals surface area (Å²) in [6.45, 7) is 0.721. The summed E-state index contributed by atoms with van der Waals surface area (Å²) in [5.41, 5.74) is 0.362. The highest BCUT2D eigenvalue weighted by Crippen LogP contribution is 2.10. The van der Waals surface area contributed by atoms with Gasteiger partial charge in [-0.2, -0.15) is 0 Å². The van der Waals surface area contributed by atoms with Crippen molar-refractivity contribution < 1.29 is 5.11 Å². The predicted octanol–water partition coefficient (Wildman–Crippen LogP) is 3.04. The lowest BCUT2D eigenvalue weighted by Crippen LogP contribution is -2.39. The van der Waals surface area contributed by atoms with Crippen LogP contribution in [-0.4, -0.2) is 14.2 Å². The zero-order valence-electron chi connectivity index (χ0n) is 14.5. The van der Waals surface area contributed by atoms with Crippen LogP contribution >= 0.6 is 11.3 Å². The second-order valence-electron chi connectivity index (χ2n) is 6.20. The van der Waals surface area contributed by atoms with Crippen molar-refractivity contribution in [2.45, 2.75) is 38.8 Å². The molecular weight excluding hydrogens is 348 g/mol. The summed E-state index contributed by atoms with van der Waals surface area (Å²) in [7, 11) is 0. The first kappa shape index (κ1) is 18.2. The summed E-state index contributed by atoms with van der Waals surface area (Å²) < 4.78 is 2.50. The number of aromatic nitrogens is 2. The van der Waals surface area contributed by atoms with Crippen molar-refractivity contribution in [1.82, 2.24) is 9.13 Å². The first-order valence-corrected chi connectivity index (χ1v) is 9.63. The summed E-state index contributed by atoms with van der Waals surface area (Å²) in [6, 6.07) is 15.2. The lowest BCUT2D eigenvalue weighted by atomic mass is 10.1. The standard InChI is InChI=1S/C20H22N2O3S/c23-18-15-19(24)22(13-11-17-10-6-14-26-17)20(25)21(18)12-5-4-9-16-7-2-1-3-8-16/h1-3,6-8,10,14-15,23H,4-5,9,11-13H2. The van der Waals surface area contributed by atoms with Gasteiger partial charge in [-0.25, -0.2) is 4.79 Å². The van der Waals surface area contributed by atoms with Crippen molar-refractivity contribution in [1.29, 1.82) is 0 Å². The van der Waals surface area contributed by atoms with Crippen LogP contribution in [0.5, 0.6) is 5.88 Å². The molecule has 2 heterocycles. The normalized spacial score (nSPS) is 10.9. The van der Waals surface area contributed by atoms with E-state index in [9.17, 15) is 14.7 Å². The minimum atomic E-state index is -0.454. The van der Waals surface area contributed by atoms with E-state index in [1.807, 2.05) is 35.7 Å². The molecule has 0 radical (unpaired) electrons. The van der Waals surface area contributed by atoms with Crippen LogP contribution in [0.4, 0.5) is 0 Å². The van der Waals surface area contributed by atoms with Gasteiger partial charge in [-0.15, -0.1) is 11.3 Å². The molecule has 2 aromatic heterocycles. The summed E-state index contributed by atoms with van der Waals surface area (Å²) in [4.78, 5) is 25.8. The van der Waals surface area contributed by atoms with Gasteiger partial charge in [-0.05, 0) is 42.7 Å². The van der Waals surface area contributed by atoms with Gasteiger partial charge in [0.2, 0.25) is 5.88 Å². The molecule has 6 heteroatoms. The van der Waals surface area contributed by atoms with Gasteiger partial charge in [0, 0.05) is 18.0 Å². The minimum Gasteiger partial charge on any atom is -0.494 e. The Labute approximate surface area is 155 Å². The fraction of sp³-hybridized carbons (Fsp3) is 0.300. The van der Waals surface area contributed by atoms with E-state index >= 15 is 0 Å². The molecular formula is C20H22N2O3S. The van der Waals surface area contributed by atoms with Crippen LogP contribution < -0.4 is 11.2 Å². The Morgan fingerprint density at radius 1 is 0.885 bits per heavy atom. The largest absolute Gasteiger partial charge is 0.494 e. The Kier molecular flexibility index (Phi) is 6.07. The van der Waals surface area contributed by atoms with E-state index in [0.29, 0.717) is 19.5 Å². The maximum absolute atomic E-state index is 12.6. The van der Waals surface area contributed by atoms with E-state index in [0.717, 1.165) is 30.2 Å². The SMILES string of the molecule is O=c1cc(O)n(CCCCc2ccccc2)c(=O)n1CCc1cccs1. The van der Waals surface area contributed by atoms with Crippen molar-refractivity contribution in [2.75, 3.05) is 0 Å². The Morgan fingerprint density at radius 3 is 2.42 bits per heavy atom. The van der Waals surface area contributed by atoms with Crippen molar-refractivity contribution >= 4 is 11.3 Å².